The zero-order valence-electron chi connectivity index (χ0n) is 13.8. The highest BCUT2D eigenvalue weighted by Crippen LogP contribution is 2.20. The van der Waals surface area contributed by atoms with Crippen LogP contribution in [0.25, 0.3) is 10.9 Å². The summed E-state index contributed by atoms with van der Waals surface area (Å²) in [5.41, 5.74) is 3.39. The van der Waals surface area contributed by atoms with Gasteiger partial charge in [0.15, 0.2) is 0 Å². The summed E-state index contributed by atoms with van der Waals surface area (Å²) in [6.45, 7) is 3.96. The van der Waals surface area contributed by atoms with Gasteiger partial charge in [-0.05, 0) is 30.5 Å². The Morgan fingerprint density at radius 3 is 2.50 bits per heavy atom. The van der Waals surface area contributed by atoms with Crippen molar-refractivity contribution in [2.75, 3.05) is 0 Å². The van der Waals surface area contributed by atoms with Gasteiger partial charge in [0.05, 0.1) is 5.52 Å². The van der Waals surface area contributed by atoms with Crippen molar-refractivity contribution < 1.29 is 9.53 Å². The molecule has 3 rings (SSSR count). The van der Waals surface area contributed by atoms with Gasteiger partial charge in [-0.3, -0.25) is 14.2 Å². The van der Waals surface area contributed by atoms with E-state index < -0.39 is 5.97 Å². The molecule has 0 aliphatic rings. The summed E-state index contributed by atoms with van der Waals surface area (Å²) in [6.07, 6.45) is 0. The number of carbonyl (C=O) groups excluding carboxylic acids is 1. The fourth-order valence-electron chi connectivity index (χ4n) is 2.86. The van der Waals surface area contributed by atoms with E-state index in [0.29, 0.717) is 0 Å². The monoisotopic (exact) mass is 321 g/mol. The molecule has 0 radical (unpaired) electrons. The van der Waals surface area contributed by atoms with E-state index in [4.69, 9.17) is 4.74 Å². The minimum Gasteiger partial charge on any atom is -0.459 e. The molecule has 4 heteroatoms. The van der Waals surface area contributed by atoms with Crippen LogP contribution in [0.1, 0.15) is 16.7 Å². The number of rotatable bonds is 4. The number of para-hydroxylation sites is 1. The van der Waals surface area contributed by atoms with Crippen molar-refractivity contribution >= 4 is 16.9 Å². The van der Waals surface area contributed by atoms with Gasteiger partial charge in [0.2, 0.25) is 0 Å². The molecule has 3 aromatic rings. The van der Waals surface area contributed by atoms with Crippen LogP contribution in [0.3, 0.4) is 0 Å². The second kappa shape index (κ2) is 6.71. The van der Waals surface area contributed by atoms with E-state index in [1.165, 1.54) is 4.57 Å². The predicted molar refractivity (Wildman–Crippen MR) is 93.9 cm³/mol. The number of nitrogens with zero attached hydrogens (tertiary/aromatic N) is 1. The third-order valence-electron chi connectivity index (χ3n) is 4.07. The van der Waals surface area contributed by atoms with E-state index in [1.807, 2.05) is 62.4 Å². The van der Waals surface area contributed by atoms with Crippen LogP contribution in [-0.2, 0) is 22.7 Å². The van der Waals surface area contributed by atoms with Gasteiger partial charge in [0.1, 0.15) is 13.2 Å². The van der Waals surface area contributed by atoms with Gasteiger partial charge in [0.25, 0.3) is 5.56 Å². The number of carbonyl (C=O) groups is 1. The number of pyridine rings is 1. The van der Waals surface area contributed by atoms with Crippen LogP contribution < -0.4 is 5.56 Å². The van der Waals surface area contributed by atoms with Crippen LogP contribution >= 0.6 is 0 Å². The number of hydrogen-bond acceptors (Lipinski definition) is 3. The highest BCUT2D eigenvalue weighted by atomic mass is 16.5. The van der Waals surface area contributed by atoms with Gasteiger partial charge < -0.3 is 4.74 Å². The molecule has 0 amide bonds. The topological polar surface area (TPSA) is 48.3 Å². The van der Waals surface area contributed by atoms with E-state index in [1.54, 1.807) is 6.07 Å². The minimum absolute atomic E-state index is 0.0900. The second-order valence-electron chi connectivity index (χ2n) is 5.87. The molecule has 122 valence electrons. The first-order chi connectivity index (χ1) is 11.6. The summed E-state index contributed by atoms with van der Waals surface area (Å²) in [6, 6.07) is 16.9. The van der Waals surface area contributed by atoms with Crippen molar-refractivity contribution in [3.63, 3.8) is 0 Å². The lowest BCUT2D eigenvalue weighted by atomic mass is 10.1. The number of aryl methyl sites for hydroxylation is 2. The maximum Gasteiger partial charge on any atom is 0.326 e. The Balaban J connectivity index is 1.87. The summed E-state index contributed by atoms with van der Waals surface area (Å²) < 4.78 is 6.80. The van der Waals surface area contributed by atoms with Crippen LogP contribution in [-0.4, -0.2) is 10.5 Å². The van der Waals surface area contributed by atoms with Crippen molar-refractivity contribution in [1.82, 2.24) is 4.57 Å². The molecule has 0 saturated heterocycles. The van der Waals surface area contributed by atoms with E-state index in [-0.39, 0.29) is 18.7 Å². The standard InChI is InChI=1S/C20H19NO3/c1-14-7-6-10-17-15(2)11-18(22)21(20(14)17)12-19(23)24-13-16-8-4-3-5-9-16/h3-11H,12-13H2,1-2H3. The fraction of sp³-hybridized carbons (Fsp3) is 0.200. The Morgan fingerprint density at radius 2 is 1.75 bits per heavy atom. The van der Waals surface area contributed by atoms with Crippen molar-refractivity contribution in [3.8, 4) is 0 Å². The van der Waals surface area contributed by atoms with Crippen LogP contribution in [0.2, 0.25) is 0 Å². The Labute approximate surface area is 140 Å². The molecule has 4 nitrogen and oxygen atoms in total. The van der Waals surface area contributed by atoms with E-state index >= 15 is 0 Å². The third kappa shape index (κ3) is 3.23. The van der Waals surface area contributed by atoms with Gasteiger partial charge in [-0.2, -0.15) is 0 Å². The summed E-state index contributed by atoms with van der Waals surface area (Å²) in [4.78, 5) is 24.6. The summed E-state index contributed by atoms with van der Waals surface area (Å²) >= 11 is 0. The lowest BCUT2D eigenvalue weighted by Gasteiger charge is -2.13. The SMILES string of the molecule is Cc1cc(=O)n(CC(=O)OCc2ccccc2)c2c(C)cccc12. The van der Waals surface area contributed by atoms with E-state index in [2.05, 4.69) is 0 Å². The summed E-state index contributed by atoms with van der Waals surface area (Å²) in [7, 11) is 0. The van der Waals surface area contributed by atoms with Gasteiger partial charge in [0, 0.05) is 11.5 Å². The zero-order valence-corrected chi connectivity index (χ0v) is 13.8. The molecule has 0 bridgehead atoms. The van der Waals surface area contributed by atoms with Crippen LogP contribution in [0.5, 0.6) is 0 Å². The number of aromatic nitrogens is 1. The molecule has 1 heterocycles. The van der Waals surface area contributed by atoms with E-state index in [9.17, 15) is 9.59 Å². The van der Waals surface area contributed by atoms with Gasteiger partial charge in [-0.1, -0.05) is 48.5 Å². The average Bonchev–Trinajstić information content (AvgIpc) is 2.58. The Hall–Kier alpha value is -2.88. The first-order valence-corrected chi connectivity index (χ1v) is 7.85. The number of esters is 1. The van der Waals surface area contributed by atoms with Crippen LogP contribution in [0, 0.1) is 13.8 Å². The number of benzene rings is 2. The molecule has 0 fully saturated rings. The average molecular weight is 321 g/mol. The van der Waals surface area contributed by atoms with Crippen molar-refractivity contribution in [2.24, 2.45) is 0 Å². The number of ether oxygens (including phenoxy) is 1. The highest BCUT2D eigenvalue weighted by Gasteiger charge is 2.12. The molecule has 0 saturated carbocycles. The maximum atomic E-state index is 12.4. The summed E-state index contributed by atoms with van der Waals surface area (Å²) in [5.74, 6) is -0.422. The number of hydrogen-bond donors (Lipinski definition) is 0. The van der Waals surface area contributed by atoms with E-state index in [0.717, 1.165) is 27.6 Å². The molecule has 0 unspecified atom stereocenters. The molecule has 24 heavy (non-hydrogen) atoms. The Bertz CT molecular complexity index is 942. The highest BCUT2D eigenvalue weighted by molar-refractivity contribution is 5.86. The lowest BCUT2D eigenvalue weighted by Crippen LogP contribution is -2.26. The molecule has 1 aromatic heterocycles. The quantitative estimate of drug-likeness (QED) is 0.692. The van der Waals surface area contributed by atoms with Crippen molar-refractivity contribution in [3.05, 3.63) is 81.6 Å². The zero-order chi connectivity index (χ0) is 17.1. The Morgan fingerprint density at radius 1 is 1.00 bits per heavy atom. The molecule has 2 aromatic carbocycles. The van der Waals surface area contributed by atoms with Crippen molar-refractivity contribution in [2.45, 2.75) is 27.0 Å². The van der Waals surface area contributed by atoms with Crippen LogP contribution in [0.15, 0.2) is 59.4 Å². The van der Waals surface area contributed by atoms with Gasteiger partial charge in [-0.25, -0.2) is 0 Å². The van der Waals surface area contributed by atoms with Gasteiger partial charge >= 0.3 is 5.97 Å². The summed E-state index contributed by atoms with van der Waals surface area (Å²) in [5, 5.41) is 0.977. The molecular weight excluding hydrogens is 302 g/mol. The molecule has 0 spiro atoms. The molecule has 0 aliphatic carbocycles. The largest absolute Gasteiger partial charge is 0.459 e. The molecule has 0 aliphatic heterocycles. The predicted octanol–water partition coefficient (Wildman–Crippen LogP) is 3.36. The molecule has 0 atom stereocenters. The third-order valence-corrected chi connectivity index (χ3v) is 4.07. The first-order valence-electron chi connectivity index (χ1n) is 7.85. The lowest BCUT2D eigenvalue weighted by molar-refractivity contribution is -0.145. The Kier molecular flexibility index (Phi) is 4.47. The second-order valence-corrected chi connectivity index (χ2v) is 5.87. The van der Waals surface area contributed by atoms with Gasteiger partial charge in [-0.15, -0.1) is 0 Å². The number of fused-ring (bicyclic) bond motifs is 1. The first kappa shape index (κ1) is 16.0. The van der Waals surface area contributed by atoms with Crippen LogP contribution in [0.4, 0.5) is 0 Å². The maximum absolute atomic E-state index is 12.4. The smallest absolute Gasteiger partial charge is 0.326 e. The molecular formula is C20H19NO3. The normalized spacial score (nSPS) is 10.8. The minimum atomic E-state index is -0.422. The molecule has 0 N–H and O–H groups in total. The fourth-order valence-corrected chi connectivity index (χ4v) is 2.86. The van der Waals surface area contributed by atoms with Crippen molar-refractivity contribution in [1.29, 1.82) is 0 Å².